The van der Waals surface area contributed by atoms with Crippen molar-refractivity contribution in [3.05, 3.63) is 185 Å². The lowest BCUT2D eigenvalue weighted by Crippen LogP contribution is -2.21. The molecule has 7 aromatic rings. The van der Waals surface area contributed by atoms with Crippen LogP contribution in [-0.2, 0) is 10.8 Å². The summed E-state index contributed by atoms with van der Waals surface area (Å²) in [6.45, 7) is 9.60. The second kappa shape index (κ2) is 11.4. The average Bonchev–Trinajstić information content (AvgIpc) is 3.86. The van der Waals surface area contributed by atoms with Crippen LogP contribution >= 0.6 is 0 Å². The summed E-state index contributed by atoms with van der Waals surface area (Å²) in [6.07, 6.45) is 3.81. The van der Waals surface area contributed by atoms with Gasteiger partial charge in [-0.3, -0.25) is 0 Å². The molecule has 0 N–H and O–H groups in total. The molecule has 0 spiro atoms. The van der Waals surface area contributed by atoms with E-state index in [0.29, 0.717) is 11.8 Å². The number of fused-ring (bicyclic) bond motifs is 12. The molecule has 262 valence electrons. The Bertz CT molecular complexity index is 2670. The smallest absolute Gasteiger partial charge is 0.0540 e. The van der Waals surface area contributed by atoms with Gasteiger partial charge in [0.2, 0.25) is 0 Å². The summed E-state index contributed by atoms with van der Waals surface area (Å²) in [7, 11) is 0. The van der Waals surface area contributed by atoms with Crippen molar-refractivity contribution in [3.63, 3.8) is 0 Å². The van der Waals surface area contributed by atoms with E-state index in [-0.39, 0.29) is 10.8 Å². The quantitative estimate of drug-likeness (QED) is 0.177. The third kappa shape index (κ3) is 4.27. The van der Waals surface area contributed by atoms with Gasteiger partial charge in [0.1, 0.15) is 0 Å². The van der Waals surface area contributed by atoms with Crippen LogP contribution in [-0.4, -0.2) is 0 Å². The van der Waals surface area contributed by atoms with Crippen molar-refractivity contribution in [2.75, 3.05) is 4.90 Å². The number of rotatable bonds is 4. The highest BCUT2D eigenvalue weighted by molar-refractivity contribution is 6.00. The van der Waals surface area contributed by atoms with Crippen molar-refractivity contribution >= 4 is 17.1 Å². The molecule has 0 aromatic heterocycles. The maximum atomic E-state index is 2.62. The van der Waals surface area contributed by atoms with Crippen LogP contribution in [0.5, 0.6) is 0 Å². The lowest BCUT2D eigenvalue weighted by Gasteiger charge is -2.36. The molecular weight excluding hydrogens is 651 g/mol. The SMILES string of the molecule is CC1(C)c2ccccc2-c2c(-c3ccccc3N(c3ccc4c(c3)C3CCCC3c3ccccc3-4)c3cccc4c3C(C)(C)c3ccccc3-4)cccc21. The highest BCUT2D eigenvalue weighted by atomic mass is 15.1. The summed E-state index contributed by atoms with van der Waals surface area (Å²) >= 11 is 0. The van der Waals surface area contributed by atoms with E-state index in [1.807, 2.05) is 0 Å². The number of para-hydroxylation sites is 1. The molecule has 4 aliphatic rings. The van der Waals surface area contributed by atoms with Crippen molar-refractivity contribution in [1.82, 2.24) is 0 Å². The van der Waals surface area contributed by atoms with Gasteiger partial charge in [0, 0.05) is 22.1 Å². The molecular formula is C53H45N. The minimum atomic E-state index is -0.170. The Kier molecular flexibility index (Phi) is 6.73. The molecule has 0 amide bonds. The standard InChI is InChI=1S/C53H45N/c1-52(2)46-26-11-8-20-43(46)50-41(23-14-27-47(50)52)40-19-9-12-28-48(40)54(49-29-15-24-42-39-18-7-10-25-45(39)53(3,4)51(42)49)33-30-31-38-35-17-6-5-16-34(35)36-21-13-22-37(36)44(38)32-33/h5-12,14-20,23-32,36-37H,13,21-22H2,1-4H3. The molecule has 2 atom stereocenters. The van der Waals surface area contributed by atoms with E-state index in [2.05, 4.69) is 184 Å². The Balaban J connectivity index is 1.19. The van der Waals surface area contributed by atoms with Crippen LogP contribution in [0.3, 0.4) is 0 Å². The van der Waals surface area contributed by atoms with E-state index >= 15 is 0 Å². The molecule has 1 nitrogen and oxygen atoms in total. The van der Waals surface area contributed by atoms with E-state index in [1.165, 1.54) is 109 Å². The Labute approximate surface area is 320 Å². The molecule has 4 aliphatic carbocycles. The minimum Gasteiger partial charge on any atom is -0.310 e. The monoisotopic (exact) mass is 695 g/mol. The van der Waals surface area contributed by atoms with Gasteiger partial charge in [-0.1, -0.05) is 162 Å². The number of nitrogens with zero attached hydrogens (tertiary/aromatic N) is 1. The average molecular weight is 696 g/mol. The third-order valence-corrected chi connectivity index (χ3v) is 13.7. The Morgan fingerprint density at radius 2 is 0.981 bits per heavy atom. The van der Waals surface area contributed by atoms with Gasteiger partial charge in [-0.15, -0.1) is 0 Å². The fourth-order valence-corrected chi connectivity index (χ4v) is 11.3. The number of benzene rings is 7. The first-order valence-corrected chi connectivity index (χ1v) is 19.9. The van der Waals surface area contributed by atoms with Crippen molar-refractivity contribution in [2.24, 2.45) is 0 Å². The molecule has 54 heavy (non-hydrogen) atoms. The molecule has 0 aliphatic heterocycles. The first-order chi connectivity index (χ1) is 26.3. The fraction of sp³-hybridized carbons (Fsp3) is 0.208. The van der Waals surface area contributed by atoms with Gasteiger partial charge >= 0.3 is 0 Å². The molecule has 1 saturated carbocycles. The van der Waals surface area contributed by atoms with Crippen molar-refractivity contribution in [1.29, 1.82) is 0 Å². The Morgan fingerprint density at radius 1 is 0.426 bits per heavy atom. The highest BCUT2D eigenvalue weighted by Gasteiger charge is 2.41. The summed E-state index contributed by atoms with van der Waals surface area (Å²) in [5.41, 5.74) is 22.9. The van der Waals surface area contributed by atoms with Gasteiger partial charge in [-0.25, -0.2) is 0 Å². The maximum absolute atomic E-state index is 2.62. The normalized spacial score (nSPS) is 18.8. The van der Waals surface area contributed by atoms with Gasteiger partial charge in [0.05, 0.1) is 11.4 Å². The van der Waals surface area contributed by atoms with Gasteiger partial charge in [0.25, 0.3) is 0 Å². The summed E-state index contributed by atoms with van der Waals surface area (Å²) < 4.78 is 0. The van der Waals surface area contributed by atoms with Crippen LogP contribution in [0.25, 0.3) is 44.5 Å². The highest BCUT2D eigenvalue weighted by Crippen LogP contribution is 2.59. The van der Waals surface area contributed by atoms with Crippen LogP contribution in [0.15, 0.2) is 152 Å². The minimum absolute atomic E-state index is 0.0702. The zero-order valence-electron chi connectivity index (χ0n) is 31.7. The van der Waals surface area contributed by atoms with Crippen LogP contribution in [0.2, 0.25) is 0 Å². The summed E-state index contributed by atoms with van der Waals surface area (Å²) in [6, 6.07) is 57.9. The predicted octanol–water partition coefficient (Wildman–Crippen LogP) is 14.5. The lowest BCUT2D eigenvalue weighted by molar-refractivity contribution is 0.616. The van der Waals surface area contributed by atoms with Gasteiger partial charge in [-0.05, 0) is 121 Å². The summed E-state index contributed by atoms with van der Waals surface area (Å²) in [4.78, 5) is 2.62. The lowest BCUT2D eigenvalue weighted by atomic mass is 9.73. The first kappa shape index (κ1) is 31.8. The molecule has 0 bridgehead atoms. The Hall–Kier alpha value is -5.66. The Morgan fingerprint density at radius 3 is 1.80 bits per heavy atom. The number of hydrogen-bond donors (Lipinski definition) is 0. The largest absolute Gasteiger partial charge is 0.310 e. The van der Waals surface area contributed by atoms with Crippen molar-refractivity contribution < 1.29 is 0 Å². The molecule has 0 saturated heterocycles. The van der Waals surface area contributed by atoms with E-state index in [9.17, 15) is 0 Å². The summed E-state index contributed by atoms with van der Waals surface area (Å²) in [5, 5.41) is 0. The van der Waals surface area contributed by atoms with Crippen LogP contribution in [0.1, 0.15) is 92.2 Å². The zero-order chi connectivity index (χ0) is 36.3. The molecule has 1 heteroatoms. The molecule has 7 aromatic carbocycles. The van der Waals surface area contributed by atoms with Crippen molar-refractivity contribution in [3.8, 4) is 44.5 Å². The zero-order valence-corrected chi connectivity index (χ0v) is 31.7. The summed E-state index contributed by atoms with van der Waals surface area (Å²) in [5.74, 6) is 1.14. The third-order valence-electron chi connectivity index (χ3n) is 13.7. The van der Waals surface area contributed by atoms with E-state index in [1.54, 1.807) is 5.56 Å². The predicted molar refractivity (Wildman–Crippen MR) is 226 cm³/mol. The van der Waals surface area contributed by atoms with E-state index < -0.39 is 0 Å². The first-order valence-electron chi connectivity index (χ1n) is 19.9. The van der Waals surface area contributed by atoms with E-state index in [4.69, 9.17) is 0 Å². The van der Waals surface area contributed by atoms with Gasteiger partial charge in [-0.2, -0.15) is 0 Å². The number of hydrogen-bond acceptors (Lipinski definition) is 1. The maximum Gasteiger partial charge on any atom is 0.0540 e. The van der Waals surface area contributed by atoms with Crippen LogP contribution < -0.4 is 4.90 Å². The van der Waals surface area contributed by atoms with Gasteiger partial charge in [0.15, 0.2) is 0 Å². The molecule has 1 fully saturated rings. The second-order valence-corrected chi connectivity index (χ2v) is 17.1. The van der Waals surface area contributed by atoms with E-state index in [0.717, 1.165) is 0 Å². The molecule has 11 rings (SSSR count). The van der Waals surface area contributed by atoms with Crippen LogP contribution in [0, 0.1) is 0 Å². The molecule has 0 radical (unpaired) electrons. The second-order valence-electron chi connectivity index (χ2n) is 17.1. The van der Waals surface area contributed by atoms with Crippen LogP contribution in [0.4, 0.5) is 17.1 Å². The topological polar surface area (TPSA) is 3.24 Å². The molecule has 0 heterocycles. The number of anilines is 3. The fourth-order valence-electron chi connectivity index (χ4n) is 11.3. The van der Waals surface area contributed by atoms with Crippen molar-refractivity contribution in [2.45, 2.75) is 69.6 Å². The molecule has 2 unspecified atom stereocenters. The van der Waals surface area contributed by atoms with Gasteiger partial charge < -0.3 is 4.90 Å².